The number of nitrogens with one attached hydrogen (secondary N) is 1. The van der Waals surface area contributed by atoms with E-state index in [0.717, 1.165) is 22.3 Å². The molecule has 2 heterocycles. The number of fused-ring (bicyclic) bond motifs is 1. The first-order valence-corrected chi connectivity index (χ1v) is 10.0. The molecule has 6 nitrogen and oxygen atoms in total. The molecule has 0 saturated carbocycles. The second-order valence-corrected chi connectivity index (χ2v) is 7.15. The monoisotopic (exact) mass is 403 g/mol. The molecule has 0 atom stereocenters. The molecule has 0 spiro atoms. The van der Waals surface area contributed by atoms with E-state index in [2.05, 4.69) is 9.97 Å². The van der Waals surface area contributed by atoms with Crippen LogP contribution < -0.4 is 10.3 Å². The van der Waals surface area contributed by atoms with Gasteiger partial charge in [-0.1, -0.05) is 42.1 Å². The van der Waals surface area contributed by atoms with Crippen molar-refractivity contribution in [2.45, 2.75) is 12.1 Å². The quantitative estimate of drug-likeness (QED) is 0.390. The molecular formula is C22H17N3O3S. The Morgan fingerprint density at radius 2 is 2.00 bits per heavy atom. The summed E-state index contributed by atoms with van der Waals surface area (Å²) in [7, 11) is 1.55. The van der Waals surface area contributed by atoms with E-state index in [1.807, 2.05) is 49.4 Å². The molecule has 29 heavy (non-hydrogen) atoms. The van der Waals surface area contributed by atoms with Crippen molar-refractivity contribution >= 4 is 22.7 Å². The molecule has 0 amide bonds. The van der Waals surface area contributed by atoms with E-state index in [9.17, 15) is 10.1 Å². The number of aromatic amines is 1. The number of rotatable bonds is 4. The molecule has 0 fully saturated rings. The fourth-order valence-corrected chi connectivity index (χ4v) is 3.79. The molecular weight excluding hydrogens is 386 g/mol. The third kappa shape index (κ3) is 3.18. The van der Waals surface area contributed by atoms with Crippen molar-refractivity contribution in [3.63, 3.8) is 0 Å². The average molecular weight is 403 g/mol. The van der Waals surface area contributed by atoms with Crippen LogP contribution in [-0.2, 0) is 0 Å². The van der Waals surface area contributed by atoms with Crippen LogP contribution in [0.3, 0.4) is 0 Å². The smallest absolute Gasteiger partial charge is 0.270 e. The average Bonchev–Trinajstić information content (AvgIpc) is 3.07. The minimum Gasteiger partial charge on any atom is -0.496 e. The molecule has 0 radical (unpaired) electrons. The van der Waals surface area contributed by atoms with Crippen molar-refractivity contribution in [1.29, 1.82) is 5.26 Å². The van der Waals surface area contributed by atoms with Crippen LogP contribution in [0.4, 0.5) is 0 Å². The maximum atomic E-state index is 12.3. The minimum atomic E-state index is -0.482. The number of methoxy groups -OCH3 is 1. The topological polar surface area (TPSA) is 91.9 Å². The summed E-state index contributed by atoms with van der Waals surface area (Å²) in [6.45, 7) is 1.91. The zero-order valence-electron chi connectivity index (χ0n) is 16.1. The highest BCUT2D eigenvalue weighted by Crippen LogP contribution is 2.41. The molecule has 0 aliphatic carbocycles. The van der Waals surface area contributed by atoms with E-state index in [-0.39, 0.29) is 11.3 Å². The molecule has 1 N–H and O–H groups in total. The predicted molar refractivity (Wildman–Crippen MR) is 113 cm³/mol. The first-order valence-electron chi connectivity index (χ1n) is 8.82. The van der Waals surface area contributed by atoms with Gasteiger partial charge in [0.2, 0.25) is 0 Å². The van der Waals surface area contributed by atoms with Crippen molar-refractivity contribution in [2.75, 3.05) is 13.4 Å². The number of aryl methyl sites for hydroxylation is 1. The van der Waals surface area contributed by atoms with E-state index in [1.165, 1.54) is 11.8 Å². The Bertz CT molecular complexity index is 1320. The lowest BCUT2D eigenvalue weighted by Gasteiger charge is -2.10. The van der Waals surface area contributed by atoms with Gasteiger partial charge >= 0.3 is 0 Å². The number of ether oxygens (including phenoxy) is 1. The van der Waals surface area contributed by atoms with Gasteiger partial charge in [0.15, 0.2) is 5.16 Å². The van der Waals surface area contributed by atoms with E-state index in [0.29, 0.717) is 22.1 Å². The summed E-state index contributed by atoms with van der Waals surface area (Å²) in [5.74, 6) is 1.28. The van der Waals surface area contributed by atoms with Gasteiger partial charge in [-0.2, -0.15) is 5.26 Å². The Balaban J connectivity index is 2.03. The van der Waals surface area contributed by atoms with Gasteiger partial charge in [0.05, 0.1) is 7.11 Å². The van der Waals surface area contributed by atoms with E-state index >= 15 is 0 Å². The first-order chi connectivity index (χ1) is 14.1. The molecule has 144 valence electrons. The summed E-state index contributed by atoms with van der Waals surface area (Å²) in [5.41, 5.74) is 2.91. The van der Waals surface area contributed by atoms with Crippen molar-refractivity contribution in [1.82, 2.24) is 9.97 Å². The molecule has 0 aliphatic heterocycles. The van der Waals surface area contributed by atoms with Crippen molar-refractivity contribution < 1.29 is 9.15 Å². The maximum Gasteiger partial charge on any atom is 0.270 e. The summed E-state index contributed by atoms with van der Waals surface area (Å²) in [4.78, 5) is 19.4. The number of hydrogen-bond donors (Lipinski definition) is 1. The van der Waals surface area contributed by atoms with Crippen LogP contribution in [0.1, 0.15) is 11.3 Å². The lowest BCUT2D eigenvalue weighted by molar-refractivity contribution is 0.416. The highest BCUT2D eigenvalue weighted by molar-refractivity contribution is 7.98. The number of hydrogen-bond acceptors (Lipinski definition) is 6. The lowest BCUT2D eigenvalue weighted by Crippen LogP contribution is -2.14. The zero-order valence-corrected chi connectivity index (χ0v) is 16.9. The van der Waals surface area contributed by atoms with Gasteiger partial charge in [0, 0.05) is 16.5 Å². The molecule has 4 rings (SSSR count). The summed E-state index contributed by atoms with van der Waals surface area (Å²) in [6.07, 6.45) is 1.80. The number of nitriles is 1. The third-order valence-corrected chi connectivity index (χ3v) is 5.29. The Morgan fingerprint density at radius 3 is 2.66 bits per heavy atom. The van der Waals surface area contributed by atoms with Crippen molar-refractivity contribution in [3.05, 3.63) is 64.1 Å². The zero-order chi connectivity index (χ0) is 20.5. The van der Waals surface area contributed by atoms with Gasteiger partial charge in [-0.25, -0.2) is 4.98 Å². The minimum absolute atomic E-state index is 0.0630. The van der Waals surface area contributed by atoms with Gasteiger partial charge in [-0.3, -0.25) is 4.79 Å². The summed E-state index contributed by atoms with van der Waals surface area (Å²) >= 11 is 1.29. The van der Waals surface area contributed by atoms with E-state index < -0.39 is 5.56 Å². The maximum absolute atomic E-state index is 12.3. The van der Waals surface area contributed by atoms with Crippen LogP contribution in [0.15, 0.2) is 56.8 Å². The molecule has 7 heteroatoms. The summed E-state index contributed by atoms with van der Waals surface area (Å²) in [6, 6.07) is 15.6. The van der Waals surface area contributed by atoms with Gasteiger partial charge in [0.25, 0.3) is 5.56 Å². The molecule has 2 aromatic carbocycles. The fourth-order valence-electron chi connectivity index (χ4n) is 3.41. The number of nitrogens with zero attached hydrogens (tertiary/aromatic N) is 2. The molecule has 0 bridgehead atoms. The third-order valence-electron chi connectivity index (χ3n) is 4.71. The number of aromatic nitrogens is 2. The lowest BCUT2D eigenvalue weighted by atomic mass is 9.99. The highest BCUT2D eigenvalue weighted by atomic mass is 32.2. The van der Waals surface area contributed by atoms with Gasteiger partial charge in [-0.15, -0.1) is 0 Å². The summed E-state index contributed by atoms with van der Waals surface area (Å²) < 4.78 is 11.6. The van der Waals surface area contributed by atoms with Gasteiger partial charge < -0.3 is 14.1 Å². The largest absolute Gasteiger partial charge is 0.496 e. The Kier molecular flexibility index (Phi) is 4.87. The molecule has 0 aliphatic rings. The number of benzene rings is 2. The number of H-pyrrole nitrogens is 1. The van der Waals surface area contributed by atoms with E-state index in [1.54, 1.807) is 19.4 Å². The van der Waals surface area contributed by atoms with Crippen LogP contribution in [-0.4, -0.2) is 23.3 Å². The standard InChI is InChI=1S/C22H17N3O3S/c1-12-19(13-7-5-4-6-8-13)14-9-17(27-2)15(10-18(14)28-12)20-16(11-23)21(26)25-22(24-20)29-3/h4-10H,1-3H3,(H,24,25,26). The van der Waals surface area contributed by atoms with Gasteiger partial charge in [-0.05, 0) is 30.9 Å². The van der Waals surface area contributed by atoms with Crippen LogP contribution in [0.5, 0.6) is 5.75 Å². The normalized spacial score (nSPS) is 10.8. The fraction of sp³-hybridized carbons (Fsp3) is 0.136. The van der Waals surface area contributed by atoms with E-state index in [4.69, 9.17) is 9.15 Å². The molecule has 0 unspecified atom stereocenters. The summed E-state index contributed by atoms with van der Waals surface area (Å²) in [5, 5.41) is 10.8. The number of furan rings is 1. The van der Waals surface area contributed by atoms with Crippen LogP contribution in [0, 0.1) is 18.3 Å². The predicted octanol–water partition coefficient (Wildman–Crippen LogP) is 4.76. The first kappa shape index (κ1) is 18.8. The molecule has 2 aromatic heterocycles. The second-order valence-electron chi connectivity index (χ2n) is 6.36. The van der Waals surface area contributed by atoms with Crippen LogP contribution in [0.2, 0.25) is 0 Å². The SMILES string of the molecule is COc1cc2c(-c3ccccc3)c(C)oc2cc1-c1nc(SC)[nH]c(=O)c1C#N. The Morgan fingerprint density at radius 1 is 1.24 bits per heavy atom. The van der Waals surface area contributed by atoms with Crippen LogP contribution >= 0.6 is 11.8 Å². The van der Waals surface area contributed by atoms with Crippen molar-refractivity contribution in [3.8, 4) is 34.2 Å². The molecule has 0 saturated heterocycles. The Hall–Kier alpha value is -3.50. The van der Waals surface area contributed by atoms with Crippen LogP contribution in [0.25, 0.3) is 33.4 Å². The van der Waals surface area contributed by atoms with Gasteiger partial charge in [0.1, 0.15) is 34.4 Å². The molecule has 4 aromatic rings. The number of thioether (sulfide) groups is 1. The highest BCUT2D eigenvalue weighted by Gasteiger charge is 2.21. The van der Waals surface area contributed by atoms with Crippen molar-refractivity contribution in [2.24, 2.45) is 0 Å². The Labute approximate surface area is 171 Å². The second kappa shape index (κ2) is 7.49.